The highest BCUT2D eigenvalue weighted by Gasteiger charge is 2.47. The highest BCUT2D eigenvalue weighted by Crippen LogP contribution is 2.26. The number of carbonyl (C=O) groups is 3. The number of aromatic hydroxyl groups is 1. The van der Waals surface area contributed by atoms with Crippen molar-refractivity contribution in [1.82, 2.24) is 5.32 Å². The molecule has 0 spiro atoms. The number of methoxy groups -OCH3 is 1. The molecule has 10 nitrogen and oxygen atoms in total. The fourth-order valence-electron chi connectivity index (χ4n) is 4.80. The van der Waals surface area contributed by atoms with Gasteiger partial charge in [0.15, 0.2) is 5.60 Å². The van der Waals surface area contributed by atoms with Gasteiger partial charge in [0.05, 0.1) is 12.0 Å². The smallest absolute Gasteiger partial charge is 0.336 e. The van der Waals surface area contributed by atoms with E-state index in [1.165, 1.54) is 56.7 Å². The number of allylic oxidation sites excluding steroid dienone is 1. The number of hydrogen-bond acceptors (Lipinski definition) is 7. The Kier molecular flexibility index (Phi) is 18.4. The van der Waals surface area contributed by atoms with Gasteiger partial charge >= 0.3 is 11.9 Å². The van der Waals surface area contributed by atoms with Gasteiger partial charge in [-0.3, -0.25) is 4.79 Å². The Bertz CT molecular complexity index is 950. The van der Waals surface area contributed by atoms with E-state index in [9.17, 15) is 39.9 Å². The Morgan fingerprint density at radius 3 is 2.10 bits per heavy atom. The Hall–Kier alpha value is -2.95. The number of nitrogens with one attached hydrogen (secondary N) is 1. The van der Waals surface area contributed by atoms with Crippen molar-refractivity contribution in [3.05, 3.63) is 42.0 Å². The van der Waals surface area contributed by atoms with Crippen molar-refractivity contribution in [2.24, 2.45) is 5.92 Å². The number of phenolic OH excluding ortho intramolecular Hbond substituents is 1. The second-order valence-corrected chi connectivity index (χ2v) is 11.0. The Morgan fingerprint density at radius 2 is 1.55 bits per heavy atom. The van der Waals surface area contributed by atoms with Crippen LogP contribution in [-0.4, -0.2) is 74.8 Å². The number of amides is 1. The van der Waals surface area contributed by atoms with E-state index < -0.39 is 35.4 Å². The highest BCUT2D eigenvalue weighted by atomic mass is 16.5. The molecule has 10 heteroatoms. The van der Waals surface area contributed by atoms with Crippen molar-refractivity contribution >= 4 is 17.8 Å². The van der Waals surface area contributed by atoms with Crippen LogP contribution in [0.1, 0.15) is 96.0 Å². The van der Waals surface area contributed by atoms with Crippen LogP contribution in [0.15, 0.2) is 36.4 Å². The molecule has 0 aliphatic heterocycles. The minimum Gasteiger partial charge on any atom is -0.508 e. The molecular weight excluding hydrogens is 542 g/mol. The lowest BCUT2D eigenvalue weighted by molar-refractivity contribution is -0.168. The monoisotopic (exact) mass is 593 g/mol. The van der Waals surface area contributed by atoms with Crippen molar-refractivity contribution in [2.75, 3.05) is 13.7 Å². The predicted octanol–water partition coefficient (Wildman–Crippen LogP) is 4.59. The van der Waals surface area contributed by atoms with Crippen LogP contribution < -0.4 is 5.32 Å². The summed E-state index contributed by atoms with van der Waals surface area (Å²) in [5.41, 5.74) is -1.97. The number of benzene rings is 1. The third-order valence-electron chi connectivity index (χ3n) is 7.47. The fraction of sp³-hybridized carbons (Fsp3) is 0.656. The number of aliphatic hydroxyl groups is 2. The van der Waals surface area contributed by atoms with E-state index in [2.05, 4.69) is 12.2 Å². The number of phenols is 1. The summed E-state index contributed by atoms with van der Waals surface area (Å²) in [6.07, 6.45) is 13.8. The molecule has 0 saturated heterocycles. The number of carboxylic acid groups (broad SMARTS) is 2. The summed E-state index contributed by atoms with van der Waals surface area (Å²) >= 11 is 0. The molecule has 0 heterocycles. The zero-order chi connectivity index (χ0) is 31.4. The second kappa shape index (κ2) is 20.9. The Labute approximate surface area is 249 Å². The van der Waals surface area contributed by atoms with Crippen LogP contribution in [0.25, 0.3) is 0 Å². The topological polar surface area (TPSA) is 174 Å². The van der Waals surface area contributed by atoms with Gasteiger partial charge in [0, 0.05) is 26.6 Å². The third kappa shape index (κ3) is 14.3. The molecule has 238 valence electrons. The maximum atomic E-state index is 13.3. The maximum Gasteiger partial charge on any atom is 0.336 e. The average molecular weight is 594 g/mol. The first-order chi connectivity index (χ1) is 20.0. The van der Waals surface area contributed by atoms with Crippen molar-refractivity contribution in [1.29, 1.82) is 0 Å². The summed E-state index contributed by atoms with van der Waals surface area (Å²) in [5, 5.41) is 52.6. The van der Waals surface area contributed by atoms with Crippen LogP contribution in [0.5, 0.6) is 5.75 Å². The molecule has 1 aromatic rings. The summed E-state index contributed by atoms with van der Waals surface area (Å²) in [5.74, 6) is -5.41. The zero-order valence-corrected chi connectivity index (χ0v) is 25.2. The number of hydrogen-bond donors (Lipinski definition) is 6. The van der Waals surface area contributed by atoms with Crippen LogP contribution in [0.4, 0.5) is 0 Å². The van der Waals surface area contributed by atoms with Crippen molar-refractivity contribution < 1.29 is 44.7 Å². The Balaban J connectivity index is 2.74. The molecule has 1 rings (SSSR count). The number of carbonyl (C=O) groups excluding carboxylic acids is 1. The SMILES string of the molecule is CCCCCCCC(O)CCCCCC/C=C/[C@H](C(=O)N[C@@H](Cc1ccc(O)cc1)C(=O)O)[C@@](O)(CCOC)C(=O)O. The van der Waals surface area contributed by atoms with Crippen LogP contribution in [-0.2, 0) is 25.5 Å². The molecule has 0 radical (unpaired) electrons. The van der Waals surface area contributed by atoms with Crippen molar-refractivity contribution in [3.63, 3.8) is 0 Å². The zero-order valence-electron chi connectivity index (χ0n) is 25.2. The summed E-state index contributed by atoms with van der Waals surface area (Å²) in [7, 11) is 1.35. The standard InChI is InChI=1S/C32H51NO9/c1-3-4-5-8-11-14-25(34)15-12-9-6-7-10-13-16-27(32(41,31(39)40)21-22-42-2)29(36)33-28(30(37)38)23-24-17-19-26(35)20-18-24/h13,16-20,25,27-28,34-35,41H,3-12,14-15,21-23H2,1-2H3,(H,33,36)(H,37,38)(H,39,40)/b16-13+/t25?,27-,28+,32+/m1/s1. The van der Waals surface area contributed by atoms with Gasteiger partial charge in [-0.1, -0.05) is 82.6 Å². The van der Waals surface area contributed by atoms with E-state index in [0.29, 0.717) is 12.0 Å². The van der Waals surface area contributed by atoms with Gasteiger partial charge in [0.1, 0.15) is 11.8 Å². The predicted molar refractivity (Wildman–Crippen MR) is 160 cm³/mol. The number of aliphatic carboxylic acids is 2. The molecule has 1 unspecified atom stereocenters. The molecule has 1 aromatic carbocycles. The van der Waals surface area contributed by atoms with E-state index in [4.69, 9.17) is 4.74 Å². The largest absolute Gasteiger partial charge is 0.508 e. The van der Waals surface area contributed by atoms with E-state index >= 15 is 0 Å². The van der Waals surface area contributed by atoms with Gasteiger partial charge in [-0.15, -0.1) is 0 Å². The van der Waals surface area contributed by atoms with Crippen LogP contribution in [0.2, 0.25) is 0 Å². The highest BCUT2D eigenvalue weighted by molar-refractivity contribution is 5.92. The quantitative estimate of drug-likeness (QED) is 0.0740. The molecule has 4 atom stereocenters. The number of ether oxygens (including phenoxy) is 1. The number of unbranched alkanes of at least 4 members (excludes halogenated alkanes) is 8. The number of aliphatic hydroxyl groups excluding tert-OH is 1. The molecule has 0 fully saturated rings. The van der Waals surface area contributed by atoms with Gasteiger partial charge in [0.2, 0.25) is 5.91 Å². The molecule has 0 aliphatic rings. The third-order valence-corrected chi connectivity index (χ3v) is 7.47. The first-order valence-corrected chi connectivity index (χ1v) is 15.2. The number of rotatable bonds is 24. The van der Waals surface area contributed by atoms with E-state index in [-0.39, 0.29) is 31.3 Å². The summed E-state index contributed by atoms with van der Waals surface area (Å²) in [6, 6.07) is 4.46. The molecule has 0 aliphatic carbocycles. The van der Waals surface area contributed by atoms with Crippen LogP contribution >= 0.6 is 0 Å². The molecule has 0 bridgehead atoms. The molecule has 0 saturated carbocycles. The van der Waals surface area contributed by atoms with Gasteiger partial charge < -0.3 is 35.6 Å². The molecular formula is C32H51NO9. The first kappa shape index (κ1) is 37.1. The lowest BCUT2D eigenvalue weighted by atomic mass is 9.83. The molecule has 1 amide bonds. The molecule has 6 N–H and O–H groups in total. The van der Waals surface area contributed by atoms with Gasteiger partial charge in [-0.25, -0.2) is 9.59 Å². The van der Waals surface area contributed by atoms with Gasteiger partial charge in [0.25, 0.3) is 0 Å². The van der Waals surface area contributed by atoms with E-state index in [1.807, 2.05) is 0 Å². The fourth-order valence-corrected chi connectivity index (χ4v) is 4.80. The summed E-state index contributed by atoms with van der Waals surface area (Å²) < 4.78 is 4.95. The van der Waals surface area contributed by atoms with Crippen molar-refractivity contribution in [2.45, 2.75) is 115 Å². The average Bonchev–Trinajstić information content (AvgIpc) is 2.95. The van der Waals surface area contributed by atoms with E-state index in [0.717, 1.165) is 51.4 Å². The number of carboxylic acids is 2. The van der Waals surface area contributed by atoms with Crippen LogP contribution in [0, 0.1) is 5.92 Å². The Morgan fingerprint density at radius 1 is 0.952 bits per heavy atom. The van der Waals surface area contributed by atoms with Gasteiger partial charge in [-0.05, 0) is 43.4 Å². The second-order valence-electron chi connectivity index (χ2n) is 11.0. The normalized spacial score (nSPS) is 15.1. The first-order valence-electron chi connectivity index (χ1n) is 15.2. The van der Waals surface area contributed by atoms with Gasteiger partial charge in [-0.2, -0.15) is 0 Å². The maximum absolute atomic E-state index is 13.3. The minimum atomic E-state index is -2.51. The minimum absolute atomic E-state index is 0.00952. The van der Waals surface area contributed by atoms with Crippen LogP contribution in [0.3, 0.4) is 0 Å². The summed E-state index contributed by atoms with van der Waals surface area (Å²) in [4.78, 5) is 37.3. The molecule has 42 heavy (non-hydrogen) atoms. The lowest BCUT2D eigenvalue weighted by Crippen LogP contribution is -2.55. The summed E-state index contributed by atoms with van der Waals surface area (Å²) in [6.45, 7) is 2.05. The van der Waals surface area contributed by atoms with E-state index in [1.54, 1.807) is 6.08 Å². The van der Waals surface area contributed by atoms with Crippen molar-refractivity contribution in [3.8, 4) is 5.75 Å². The lowest BCUT2D eigenvalue weighted by Gasteiger charge is -2.30. The molecule has 0 aromatic heterocycles.